The quantitative estimate of drug-likeness (QED) is 0.620. The Labute approximate surface area is 163 Å². The van der Waals surface area contributed by atoms with E-state index in [1.807, 2.05) is 60.7 Å². The summed E-state index contributed by atoms with van der Waals surface area (Å²) < 4.78 is 5.69. The molecule has 0 aliphatic carbocycles. The molecule has 1 atom stereocenters. The molecular weight excluding hydrogens is 360 g/mol. The molecule has 138 valence electrons. The second kappa shape index (κ2) is 8.37. The second-order valence-electron chi connectivity index (χ2n) is 6.48. The van der Waals surface area contributed by atoms with E-state index in [-0.39, 0.29) is 6.10 Å². The predicted molar refractivity (Wildman–Crippen MR) is 110 cm³/mol. The van der Waals surface area contributed by atoms with Crippen molar-refractivity contribution in [1.29, 1.82) is 0 Å². The Morgan fingerprint density at radius 3 is 2.59 bits per heavy atom. The van der Waals surface area contributed by atoms with Gasteiger partial charge in [-0.1, -0.05) is 41.9 Å². The summed E-state index contributed by atoms with van der Waals surface area (Å²) in [5.41, 5.74) is 2.78. The van der Waals surface area contributed by atoms with Gasteiger partial charge >= 0.3 is 0 Å². The molecule has 1 aliphatic rings. The molecule has 27 heavy (non-hydrogen) atoms. The summed E-state index contributed by atoms with van der Waals surface area (Å²) in [5, 5.41) is 7.35. The molecule has 4 rings (SSSR count). The zero-order valence-electron chi connectivity index (χ0n) is 14.9. The molecule has 0 amide bonds. The van der Waals surface area contributed by atoms with Gasteiger partial charge in [0, 0.05) is 35.5 Å². The lowest BCUT2D eigenvalue weighted by molar-refractivity contribution is 0.120. The van der Waals surface area contributed by atoms with E-state index in [1.165, 1.54) is 0 Å². The molecule has 6 heteroatoms. The van der Waals surface area contributed by atoms with Crippen molar-refractivity contribution in [3.63, 3.8) is 0 Å². The Balaban J connectivity index is 1.60. The Morgan fingerprint density at radius 2 is 1.85 bits per heavy atom. The maximum absolute atomic E-state index is 5.97. The van der Waals surface area contributed by atoms with Crippen molar-refractivity contribution in [3.8, 4) is 11.3 Å². The number of rotatable bonds is 6. The molecule has 0 radical (unpaired) electrons. The van der Waals surface area contributed by atoms with Crippen LogP contribution in [-0.2, 0) is 4.74 Å². The number of hydrogen-bond donors (Lipinski definition) is 2. The van der Waals surface area contributed by atoms with Crippen LogP contribution in [0.25, 0.3) is 11.3 Å². The van der Waals surface area contributed by atoms with Gasteiger partial charge in [-0.2, -0.15) is 4.98 Å². The summed E-state index contributed by atoms with van der Waals surface area (Å²) in [4.78, 5) is 9.29. The topological polar surface area (TPSA) is 59.1 Å². The number of halogens is 1. The summed E-state index contributed by atoms with van der Waals surface area (Å²) in [7, 11) is 0. The van der Waals surface area contributed by atoms with Gasteiger partial charge in [-0.05, 0) is 37.1 Å². The number of benzene rings is 2. The highest BCUT2D eigenvalue weighted by Crippen LogP contribution is 2.24. The van der Waals surface area contributed by atoms with Crippen molar-refractivity contribution >= 4 is 29.1 Å². The number of nitrogens with one attached hydrogen (secondary N) is 2. The summed E-state index contributed by atoms with van der Waals surface area (Å²) in [6, 6.07) is 19.5. The number of anilines is 3. The summed E-state index contributed by atoms with van der Waals surface area (Å²) in [6.45, 7) is 1.58. The minimum absolute atomic E-state index is 0.243. The number of aromatic nitrogens is 2. The van der Waals surface area contributed by atoms with Crippen molar-refractivity contribution in [2.75, 3.05) is 23.8 Å². The third kappa shape index (κ3) is 4.76. The molecule has 0 saturated carbocycles. The molecule has 0 bridgehead atoms. The normalized spacial score (nSPS) is 16.3. The van der Waals surface area contributed by atoms with Gasteiger partial charge in [0.25, 0.3) is 0 Å². The van der Waals surface area contributed by atoms with E-state index < -0.39 is 0 Å². The highest BCUT2D eigenvalue weighted by Gasteiger charge is 2.16. The summed E-state index contributed by atoms with van der Waals surface area (Å²) in [6.07, 6.45) is 2.45. The van der Waals surface area contributed by atoms with E-state index in [0.29, 0.717) is 11.0 Å². The molecule has 1 aliphatic heterocycles. The maximum Gasteiger partial charge on any atom is 0.229 e. The molecule has 1 saturated heterocycles. The lowest BCUT2D eigenvalue weighted by Gasteiger charge is -2.14. The van der Waals surface area contributed by atoms with Crippen molar-refractivity contribution < 1.29 is 4.74 Å². The van der Waals surface area contributed by atoms with Crippen molar-refractivity contribution in [2.45, 2.75) is 18.9 Å². The lowest BCUT2D eigenvalue weighted by atomic mass is 10.1. The Kier molecular flexibility index (Phi) is 5.51. The zero-order chi connectivity index (χ0) is 18.5. The fourth-order valence-electron chi connectivity index (χ4n) is 3.04. The Bertz CT molecular complexity index is 880. The largest absolute Gasteiger partial charge is 0.376 e. The molecule has 1 unspecified atom stereocenters. The Morgan fingerprint density at radius 1 is 1.04 bits per heavy atom. The molecular formula is C21H21ClN4O. The molecule has 3 aromatic rings. The SMILES string of the molecule is Clc1ccc(Nc2nc(NCC3CCCO3)cc(-c3ccccc3)n2)cc1. The van der Waals surface area contributed by atoms with Gasteiger partial charge in [0.05, 0.1) is 11.8 Å². The van der Waals surface area contributed by atoms with Gasteiger partial charge in [0.15, 0.2) is 0 Å². The van der Waals surface area contributed by atoms with Crippen LogP contribution in [0, 0.1) is 0 Å². The van der Waals surface area contributed by atoms with Gasteiger partial charge in [-0.3, -0.25) is 0 Å². The van der Waals surface area contributed by atoms with Crippen LogP contribution in [-0.4, -0.2) is 29.2 Å². The molecule has 1 fully saturated rings. The molecule has 2 heterocycles. The van der Waals surface area contributed by atoms with E-state index in [9.17, 15) is 0 Å². The average molecular weight is 381 g/mol. The van der Waals surface area contributed by atoms with E-state index in [0.717, 1.165) is 48.8 Å². The standard InChI is InChI=1S/C21H21ClN4O/c22-16-8-10-17(11-9-16)24-21-25-19(15-5-2-1-3-6-15)13-20(26-21)23-14-18-7-4-12-27-18/h1-3,5-6,8-11,13,18H,4,7,12,14H2,(H2,23,24,25,26). The highest BCUT2D eigenvalue weighted by molar-refractivity contribution is 6.30. The van der Waals surface area contributed by atoms with Crippen LogP contribution in [0.4, 0.5) is 17.5 Å². The van der Waals surface area contributed by atoms with Gasteiger partial charge in [0.1, 0.15) is 5.82 Å². The van der Waals surface area contributed by atoms with Crippen LogP contribution >= 0.6 is 11.6 Å². The minimum Gasteiger partial charge on any atom is -0.376 e. The third-order valence-electron chi connectivity index (χ3n) is 4.43. The molecule has 1 aromatic heterocycles. The van der Waals surface area contributed by atoms with Gasteiger partial charge in [-0.15, -0.1) is 0 Å². The zero-order valence-corrected chi connectivity index (χ0v) is 15.6. The van der Waals surface area contributed by atoms with Gasteiger partial charge in [-0.25, -0.2) is 4.98 Å². The Hall–Kier alpha value is -2.63. The van der Waals surface area contributed by atoms with Gasteiger partial charge < -0.3 is 15.4 Å². The molecule has 0 spiro atoms. The van der Waals surface area contributed by atoms with Crippen LogP contribution < -0.4 is 10.6 Å². The van der Waals surface area contributed by atoms with Crippen molar-refractivity contribution in [2.24, 2.45) is 0 Å². The van der Waals surface area contributed by atoms with E-state index in [1.54, 1.807) is 0 Å². The third-order valence-corrected chi connectivity index (χ3v) is 4.68. The maximum atomic E-state index is 5.97. The molecule has 5 nitrogen and oxygen atoms in total. The monoisotopic (exact) mass is 380 g/mol. The number of hydrogen-bond acceptors (Lipinski definition) is 5. The van der Waals surface area contributed by atoms with Crippen LogP contribution in [0.5, 0.6) is 0 Å². The minimum atomic E-state index is 0.243. The lowest BCUT2D eigenvalue weighted by Crippen LogP contribution is -2.19. The van der Waals surface area contributed by atoms with Crippen LogP contribution in [0.3, 0.4) is 0 Å². The second-order valence-corrected chi connectivity index (χ2v) is 6.91. The van der Waals surface area contributed by atoms with Crippen LogP contribution in [0.15, 0.2) is 60.7 Å². The molecule has 2 N–H and O–H groups in total. The molecule has 2 aromatic carbocycles. The van der Waals surface area contributed by atoms with Crippen molar-refractivity contribution in [1.82, 2.24) is 9.97 Å². The first-order valence-corrected chi connectivity index (χ1v) is 9.47. The number of nitrogens with zero attached hydrogens (tertiary/aromatic N) is 2. The predicted octanol–water partition coefficient (Wildman–Crippen LogP) is 5.13. The van der Waals surface area contributed by atoms with Crippen LogP contribution in [0.1, 0.15) is 12.8 Å². The van der Waals surface area contributed by atoms with Crippen molar-refractivity contribution in [3.05, 3.63) is 65.7 Å². The van der Waals surface area contributed by atoms with E-state index >= 15 is 0 Å². The first-order chi connectivity index (χ1) is 13.3. The number of ether oxygens (including phenoxy) is 1. The van der Waals surface area contributed by atoms with Gasteiger partial charge in [0.2, 0.25) is 5.95 Å². The summed E-state index contributed by atoms with van der Waals surface area (Å²) >= 11 is 5.97. The smallest absolute Gasteiger partial charge is 0.229 e. The first-order valence-electron chi connectivity index (χ1n) is 9.09. The van der Waals surface area contributed by atoms with E-state index in [4.69, 9.17) is 16.3 Å². The van der Waals surface area contributed by atoms with Crippen LogP contribution in [0.2, 0.25) is 5.02 Å². The fraction of sp³-hybridized carbons (Fsp3) is 0.238. The highest BCUT2D eigenvalue weighted by atomic mass is 35.5. The summed E-state index contributed by atoms with van der Waals surface area (Å²) in [5.74, 6) is 1.31. The average Bonchev–Trinajstić information content (AvgIpc) is 3.22. The van der Waals surface area contributed by atoms with E-state index in [2.05, 4.69) is 20.6 Å². The fourth-order valence-corrected chi connectivity index (χ4v) is 3.16. The first kappa shape index (κ1) is 17.8.